The number of rotatable bonds is 7. The molecular weight excluding hydrogens is 400 g/mol. The first-order chi connectivity index (χ1) is 14.2. The zero-order valence-electron chi connectivity index (χ0n) is 15.9. The summed E-state index contributed by atoms with van der Waals surface area (Å²) in [5, 5.41) is 34.5. The van der Waals surface area contributed by atoms with Gasteiger partial charge in [0.2, 0.25) is 5.91 Å². The van der Waals surface area contributed by atoms with Gasteiger partial charge >= 0.3 is 12.2 Å². The summed E-state index contributed by atoms with van der Waals surface area (Å²) in [6, 6.07) is 5.24. The van der Waals surface area contributed by atoms with Gasteiger partial charge in [-0.15, -0.1) is 0 Å². The molecule has 3 amide bonds. The molecule has 162 valence electrons. The third-order valence-corrected chi connectivity index (χ3v) is 4.22. The lowest BCUT2D eigenvalue weighted by molar-refractivity contribution is -0.384. The van der Waals surface area contributed by atoms with Crippen LogP contribution in [0.15, 0.2) is 24.3 Å². The van der Waals surface area contributed by atoms with E-state index in [9.17, 15) is 24.5 Å². The van der Waals surface area contributed by atoms with Gasteiger partial charge in [-0.2, -0.15) is 0 Å². The van der Waals surface area contributed by atoms with E-state index < -0.39 is 17.1 Å². The van der Waals surface area contributed by atoms with Crippen LogP contribution in [-0.2, 0) is 16.1 Å². The van der Waals surface area contributed by atoms with Gasteiger partial charge in [0, 0.05) is 44.2 Å². The molecule has 1 saturated heterocycles. The second-order valence-electron chi connectivity index (χ2n) is 6.46. The minimum absolute atomic E-state index is 0.0332. The summed E-state index contributed by atoms with van der Waals surface area (Å²) >= 11 is 0. The Morgan fingerprint density at radius 1 is 1.30 bits per heavy atom. The number of hydrogen-bond donors (Lipinski definition) is 5. The fraction of sp³-hybridized carbons (Fsp3) is 0.412. The molecule has 0 unspecified atom stereocenters. The molecule has 1 aromatic rings. The highest BCUT2D eigenvalue weighted by molar-refractivity contribution is 5.92. The molecule has 30 heavy (non-hydrogen) atoms. The van der Waals surface area contributed by atoms with Crippen LogP contribution < -0.4 is 16.0 Å². The van der Waals surface area contributed by atoms with Gasteiger partial charge < -0.3 is 25.4 Å². The number of likely N-dealkylation sites (tertiary alicyclic amines) is 1. The van der Waals surface area contributed by atoms with Gasteiger partial charge in [0.25, 0.3) is 5.69 Å². The van der Waals surface area contributed by atoms with E-state index in [0.29, 0.717) is 18.5 Å². The van der Waals surface area contributed by atoms with Crippen molar-refractivity contribution in [2.24, 2.45) is 0 Å². The average Bonchev–Trinajstić information content (AvgIpc) is 3.15. The van der Waals surface area contributed by atoms with Crippen molar-refractivity contribution in [1.29, 1.82) is 5.41 Å². The lowest BCUT2D eigenvalue weighted by atomic mass is 10.2. The summed E-state index contributed by atoms with van der Waals surface area (Å²) in [6.07, 6.45) is -1.34. The van der Waals surface area contributed by atoms with Crippen LogP contribution in [0.2, 0.25) is 0 Å². The van der Waals surface area contributed by atoms with Gasteiger partial charge in [0.15, 0.2) is 5.96 Å². The fourth-order valence-corrected chi connectivity index (χ4v) is 2.70. The molecule has 1 aliphatic heterocycles. The van der Waals surface area contributed by atoms with Crippen LogP contribution in [0.1, 0.15) is 18.4 Å². The van der Waals surface area contributed by atoms with E-state index in [0.717, 1.165) is 0 Å². The van der Waals surface area contributed by atoms with Crippen LogP contribution in [-0.4, -0.2) is 64.7 Å². The van der Waals surface area contributed by atoms with E-state index in [4.69, 9.17) is 15.3 Å². The van der Waals surface area contributed by atoms with Crippen LogP contribution in [0, 0.1) is 15.5 Å². The number of alkyl carbamates (subject to hydrolysis) is 1. The number of carbonyl (C=O) groups excluding carboxylic acids is 2. The number of amides is 3. The number of carbonyl (C=O) groups is 3. The van der Waals surface area contributed by atoms with Crippen molar-refractivity contribution < 1.29 is 29.2 Å². The molecule has 0 spiro atoms. The molecule has 0 radical (unpaired) electrons. The van der Waals surface area contributed by atoms with Crippen molar-refractivity contribution >= 4 is 29.7 Å². The second kappa shape index (κ2) is 10.6. The maximum Gasteiger partial charge on any atom is 0.414 e. The fourth-order valence-electron chi connectivity index (χ4n) is 2.70. The maximum atomic E-state index is 11.9. The highest BCUT2D eigenvalue weighted by Crippen LogP contribution is 2.12. The van der Waals surface area contributed by atoms with E-state index in [1.54, 1.807) is 0 Å². The number of carboxylic acid groups (broad SMARTS) is 1. The molecular formula is C17H22N6O7. The number of nitrogens with zero attached hydrogens (tertiary/aromatic N) is 2. The predicted molar refractivity (Wildman–Crippen MR) is 103 cm³/mol. The molecule has 0 aromatic heterocycles. The smallest absolute Gasteiger partial charge is 0.414 e. The van der Waals surface area contributed by atoms with Crippen molar-refractivity contribution in [3.8, 4) is 0 Å². The minimum Gasteiger partial charge on any atom is -0.465 e. The number of guanidine groups is 1. The quantitative estimate of drug-likeness (QED) is 0.183. The van der Waals surface area contributed by atoms with E-state index in [2.05, 4.69) is 16.0 Å². The average molecular weight is 422 g/mol. The lowest BCUT2D eigenvalue weighted by Crippen LogP contribution is -2.43. The molecule has 1 aliphatic rings. The van der Waals surface area contributed by atoms with E-state index in [1.807, 2.05) is 0 Å². The summed E-state index contributed by atoms with van der Waals surface area (Å²) in [6.45, 7) is 0.568. The summed E-state index contributed by atoms with van der Waals surface area (Å²) in [5.74, 6) is -0.650. The Labute approximate surface area is 171 Å². The summed E-state index contributed by atoms with van der Waals surface area (Å²) in [5.41, 5.74) is 0.464. The van der Waals surface area contributed by atoms with Gasteiger partial charge in [-0.05, 0) is 24.1 Å². The normalized spacial score (nSPS) is 15.2. The number of hydrogen-bond acceptors (Lipinski definition) is 7. The Balaban J connectivity index is 1.59. The minimum atomic E-state index is -1.02. The first kappa shape index (κ1) is 22.4. The Bertz CT molecular complexity index is 813. The molecule has 0 saturated carbocycles. The third-order valence-electron chi connectivity index (χ3n) is 4.22. The van der Waals surface area contributed by atoms with Crippen molar-refractivity contribution in [3.63, 3.8) is 0 Å². The maximum absolute atomic E-state index is 11.9. The van der Waals surface area contributed by atoms with Crippen LogP contribution >= 0.6 is 0 Å². The highest BCUT2D eigenvalue weighted by atomic mass is 16.6. The highest BCUT2D eigenvalue weighted by Gasteiger charge is 2.26. The molecule has 13 nitrogen and oxygen atoms in total. The Kier molecular flexibility index (Phi) is 7.90. The summed E-state index contributed by atoms with van der Waals surface area (Å²) < 4.78 is 4.91. The van der Waals surface area contributed by atoms with Crippen LogP contribution in [0.4, 0.5) is 15.3 Å². The zero-order valence-corrected chi connectivity index (χ0v) is 15.9. The van der Waals surface area contributed by atoms with E-state index in [1.165, 1.54) is 29.2 Å². The van der Waals surface area contributed by atoms with Crippen molar-refractivity contribution in [2.75, 3.05) is 19.6 Å². The molecule has 13 heteroatoms. The first-order valence-electron chi connectivity index (χ1n) is 9.01. The first-order valence-corrected chi connectivity index (χ1v) is 9.01. The van der Waals surface area contributed by atoms with Crippen LogP contribution in [0.5, 0.6) is 0 Å². The Morgan fingerprint density at radius 3 is 2.60 bits per heavy atom. The molecule has 1 atom stereocenters. The van der Waals surface area contributed by atoms with Gasteiger partial charge in [0.1, 0.15) is 6.61 Å². The van der Waals surface area contributed by atoms with E-state index >= 15 is 0 Å². The number of nitro benzene ring substituents is 1. The van der Waals surface area contributed by atoms with Gasteiger partial charge in [-0.1, -0.05) is 0 Å². The molecule has 0 bridgehead atoms. The van der Waals surface area contributed by atoms with Crippen LogP contribution in [0.3, 0.4) is 0 Å². The molecule has 1 aromatic carbocycles. The number of nitrogens with one attached hydrogen (secondary N) is 4. The number of benzene rings is 1. The monoisotopic (exact) mass is 422 g/mol. The van der Waals surface area contributed by atoms with Crippen molar-refractivity contribution in [1.82, 2.24) is 20.9 Å². The Morgan fingerprint density at radius 2 is 2.00 bits per heavy atom. The largest absolute Gasteiger partial charge is 0.465 e. The van der Waals surface area contributed by atoms with Gasteiger partial charge in [-0.3, -0.25) is 25.6 Å². The molecule has 1 heterocycles. The Hall–Kier alpha value is -3.90. The van der Waals surface area contributed by atoms with Gasteiger partial charge in [0.05, 0.1) is 4.92 Å². The SMILES string of the molecule is N=C(NCCC(=O)N[C@H]1CCN(C(=O)O)C1)NC(=O)OCc1ccc([N+](=O)[O-])cc1. The van der Waals surface area contributed by atoms with Crippen LogP contribution in [0.25, 0.3) is 0 Å². The number of ether oxygens (including phenoxy) is 1. The molecule has 5 N–H and O–H groups in total. The molecule has 2 rings (SSSR count). The summed E-state index contributed by atoms with van der Waals surface area (Å²) in [7, 11) is 0. The predicted octanol–water partition coefficient (Wildman–Crippen LogP) is 0.604. The molecule has 0 aliphatic carbocycles. The topological polar surface area (TPSA) is 187 Å². The van der Waals surface area contributed by atoms with Crippen molar-refractivity contribution in [3.05, 3.63) is 39.9 Å². The molecule has 1 fully saturated rings. The van der Waals surface area contributed by atoms with Gasteiger partial charge in [-0.25, -0.2) is 9.59 Å². The standard InChI is InChI=1S/C17H22N6O7/c18-15(19-7-5-14(24)20-12-6-8-22(9-12)17(26)27)21-16(25)30-10-11-1-3-13(4-2-11)23(28)29/h1-4,12H,5-10H2,(H,20,24)(H,26,27)(H3,18,19,21,25)/t12-/m0/s1. The lowest BCUT2D eigenvalue weighted by Gasteiger charge is -2.14. The third kappa shape index (κ3) is 7.26. The number of non-ortho nitro benzene ring substituents is 1. The van der Waals surface area contributed by atoms with Crippen molar-refractivity contribution in [2.45, 2.75) is 25.5 Å². The second-order valence-corrected chi connectivity index (χ2v) is 6.46. The summed E-state index contributed by atoms with van der Waals surface area (Å²) in [4.78, 5) is 45.6. The number of nitro groups is 1. The van der Waals surface area contributed by atoms with E-state index in [-0.39, 0.29) is 49.7 Å². The zero-order chi connectivity index (χ0) is 22.1.